The van der Waals surface area contributed by atoms with Gasteiger partial charge in [0, 0.05) is 38.9 Å². The predicted molar refractivity (Wildman–Crippen MR) is 134 cm³/mol. The van der Waals surface area contributed by atoms with Crippen LogP contribution in [-0.4, -0.2) is 50.6 Å². The number of anilines is 1. The Morgan fingerprint density at radius 1 is 0.971 bits per heavy atom. The first kappa shape index (κ1) is 24.4. The third-order valence-electron chi connectivity index (χ3n) is 6.67. The van der Waals surface area contributed by atoms with Gasteiger partial charge in [-0.25, -0.2) is 12.8 Å². The van der Waals surface area contributed by atoms with E-state index in [1.165, 1.54) is 24.4 Å². The number of halogens is 1. The number of aryl methyl sites for hydroxylation is 2. The lowest BCUT2D eigenvalue weighted by atomic mass is 10.1. The summed E-state index contributed by atoms with van der Waals surface area (Å²) in [5, 5.41) is 0.0909. The smallest absolute Gasteiger partial charge is 0.211 e. The van der Waals surface area contributed by atoms with Crippen molar-refractivity contribution >= 4 is 26.4 Å². The van der Waals surface area contributed by atoms with Crippen molar-refractivity contribution < 1.29 is 12.8 Å². The monoisotopic (exact) mass is 485 g/mol. The zero-order valence-corrected chi connectivity index (χ0v) is 20.9. The summed E-state index contributed by atoms with van der Waals surface area (Å²) in [5.74, 6) is -0.501. The molecule has 0 atom stereocenters. The van der Waals surface area contributed by atoms with Gasteiger partial charge in [-0.1, -0.05) is 32.9 Å². The second kappa shape index (κ2) is 9.88. The summed E-state index contributed by atoms with van der Waals surface area (Å²) in [6.07, 6.45) is 2.95. The molecule has 0 N–H and O–H groups in total. The number of fused-ring (bicyclic) bond motifs is 1. The molecule has 0 unspecified atom stereocenters. The van der Waals surface area contributed by atoms with Crippen molar-refractivity contribution in [2.75, 3.05) is 37.6 Å². The number of aromatic nitrogens is 1. The van der Waals surface area contributed by atoms with E-state index >= 15 is 4.39 Å². The highest BCUT2D eigenvalue weighted by molar-refractivity contribution is 7.91. The van der Waals surface area contributed by atoms with Crippen molar-refractivity contribution in [3.8, 4) is 0 Å². The van der Waals surface area contributed by atoms with E-state index < -0.39 is 21.1 Å². The molecule has 1 aliphatic rings. The van der Waals surface area contributed by atoms with Gasteiger partial charge in [0.2, 0.25) is 15.3 Å². The summed E-state index contributed by atoms with van der Waals surface area (Å²) in [4.78, 5) is 17.4. The Hall–Kier alpha value is -2.71. The molecule has 1 saturated heterocycles. The van der Waals surface area contributed by atoms with E-state index in [0.717, 1.165) is 38.0 Å². The van der Waals surface area contributed by atoms with Gasteiger partial charge in [-0.2, -0.15) is 0 Å². The first-order chi connectivity index (χ1) is 16.3. The van der Waals surface area contributed by atoms with E-state index in [1.54, 1.807) is 22.8 Å². The lowest BCUT2D eigenvalue weighted by Crippen LogP contribution is -2.46. The summed E-state index contributed by atoms with van der Waals surface area (Å²) >= 11 is 0. The molecule has 1 aliphatic heterocycles. The van der Waals surface area contributed by atoms with E-state index in [9.17, 15) is 13.2 Å². The zero-order chi connectivity index (χ0) is 24.5. The number of pyridine rings is 1. The maximum atomic E-state index is 15.3. The van der Waals surface area contributed by atoms with Gasteiger partial charge in [0.15, 0.2) is 0 Å². The molecule has 1 fully saturated rings. The van der Waals surface area contributed by atoms with Crippen LogP contribution < -0.4 is 10.3 Å². The highest BCUT2D eigenvalue weighted by Crippen LogP contribution is 2.28. The molecule has 4 rings (SSSR count). The Kier molecular flexibility index (Phi) is 7.09. The van der Waals surface area contributed by atoms with Crippen LogP contribution in [-0.2, 0) is 22.8 Å². The Balaban J connectivity index is 1.84. The number of likely N-dealkylation sites (N-methyl/N-ethyl adjacent to an activating group) is 1. The molecule has 34 heavy (non-hydrogen) atoms. The van der Waals surface area contributed by atoms with Crippen molar-refractivity contribution in [1.29, 1.82) is 0 Å². The third-order valence-corrected chi connectivity index (χ3v) is 8.43. The average molecular weight is 486 g/mol. The number of benzene rings is 2. The van der Waals surface area contributed by atoms with E-state index in [0.29, 0.717) is 30.8 Å². The number of rotatable bonds is 7. The molecule has 182 valence electrons. The molecular weight excluding hydrogens is 453 g/mol. The predicted octanol–water partition coefficient (Wildman–Crippen LogP) is 4.09. The Bertz CT molecular complexity index is 1340. The number of nitrogens with zero attached hydrogens (tertiary/aromatic N) is 3. The Labute approximate surface area is 200 Å². The molecule has 0 amide bonds. The van der Waals surface area contributed by atoms with Gasteiger partial charge in [0.25, 0.3) is 0 Å². The van der Waals surface area contributed by atoms with Gasteiger partial charge in [0.05, 0.1) is 21.5 Å². The van der Waals surface area contributed by atoms with Gasteiger partial charge < -0.3 is 14.4 Å². The van der Waals surface area contributed by atoms with Gasteiger partial charge in [0.1, 0.15) is 10.7 Å². The molecule has 0 radical (unpaired) electrons. The summed E-state index contributed by atoms with van der Waals surface area (Å²) in [5.41, 5.74) is 1.36. The van der Waals surface area contributed by atoms with Crippen molar-refractivity contribution in [3.05, 3.63) is 64.2 Å². The highest BCUT2D eigenvalue weighted by Gasteiger charge is 2.26. The molecule has 2 aromatic carbocycles. The van der Waals surface area contributed by atoms with Gasteiger partial charge in [-0.05, 0) is 49.2 Å². The van der Waals surface area contributed by atoms with Gasteiger partial charge in [-0.15, -0.1) is 0 Å². The van der Waals surface area contributed by atoms with Crippen LogP contribution in [0.3, 0.4) is 0 Å². The fourth-order valence-electron chi connectivity index (χ4n) is 4.57. The van der Waals surface area contributed by atoms with Crippen LogP contribution in [0, 0.1) is 5.82 Å². The maximum Gasteiger partial charge on any atom is 0.211 e. The zero-order valence-electron chi connectivity index (χ0n) is 20.1. The minimum Gasteiger partial charge on any atom is -0.367 e. The van der Waals surface area contributed by atoms with Crippen LogP contribution in [0.2, 0.25) is 0 Å². The summed E-state index contributed by atoms with van der Waals surface area (Å²) in [6, 6.07) is 9.48. The molecule has 0 spiro atoms. The number of piperazine rings is 1. The minimum absolute atomic E-state index is 0.0649. The van der Waals surface area contributed by atoms with Crippen LogP contribution in [0.25, 0.3) is 10.9 Å². The summed E-state index contributed by atoms with van der Waals surface area (Å²) < 4.78 is 43.8. The topological polar surface area (TPSA) is 62.6 Å². The van der Waals surface area contributed by atoms with Gasteiger partial charge >= 0.3 is 0 Å². The molecule has 6 nitrogen and oxygen atoms in total. The lowest BCUT2D eigenvalue weighted by molar-refractivity contribution is 0.270. The molecule has 2 heterocycles. The minimum atomic E-state index is -4.05. The number of hydrogen-bond donors (Lipinski definition) is 0. The van der Waals surface area contributed by atoms with Crippen molar-refractivity contribution in [1.82, 2.24) is 9.47 Å². The Morgan fingerprint density at radius 2 is 1.65 bits per heavy atom. The summed E-state index contributed by atoms with van der Waals surface area (Å²) in [6.45, 7) is 10.7. The molecule has 0 bridgehead atoms. The first-order valence-electron chi connectivity index (χ1n) is 12.0. The van der Waals surface area contributed by atoms with Crippen LogP contribution in [0.1, 0.15) is 32.8 Å². The molecule has 1 aromatic heterocycles. The largest absolute Gasteiger partial charge is 0.367 e. The SMILES string of the molecule is CCCn1cc(S(=O)(=O)c2ccc(CC)cc2)c(=O)c2cc(F)c(N3CCN(CC)CC3)cc21. The fourth-order valence-corrected chi connectivity index (χ4v) is 5.94. The fraction of sp³-hybridized carbons (Fsp3) is 0.423. The van der Waals surface area contributed by atoms with E-state index in [2.05, 4.69) is 11.8 Å². The van der Waals surface area contributed by atoms with Crippen LogP contribution in [0.5, 0.6) is 0 Å². The molecule has 0 aliphatic carbocycles. The Morgan fingerprint density at radius 3 is 2.24 bits per heavy atom. The molecule has 0 saturated carbocycles. The molecule has 3 aromatic rings. The average Bonchev–Trinajstić information content (AvgIpc) is 2.85. The third kappa shape index (κ3) is 4.49. The maximum absolute atomic E-state index is 15.3. The number of hydrogen-bond acceptors (Lipinski definition) is 5. The molecule has 8 heteroatoms. The van der Waals surface area contributed by atoms with Crippen molar-refractivity contribution in [3.63, 3.8) is 0 Å². The standard InChI is InChI=1S/C26H32FN3O3S/c1-4-11-30-18-25(34(32,33)20-9-7-19(5-2)8-10-20)26(31)21-16-22(27)24(17-23(21)30)29-14-12-28(6-3)13-15-29/h7-10,16-18H,4-6,11-15H2,1-3H3. The molecular formula is C26H32FN3O3S. The first-order valence-corrected chi connectivity index (χ1v) is 13.5. The van der Waals surface area contributed by atoms with E-state index in [-0.39, 0.29) is 15.2 Å². The quantitative estimate of drug-likeness (QED) is 0.505. The summed E-state index contributed by atoms with van der Waals surface area (Å²) in [7, 11) is -4.05. The normalized spacial score (nSPS) is 15.2. The second-order valence-corrected chi connectivity index (χ2v) is 10.7. The second-order valence-electron chi connectivity index (χ2n) is 8.76. The lowest BCUT2D eigenvalue weighted by Gasteiger charge is -2.35. The van der Waals surface area contributed by atoms with Crippen LogP contribution in [0.15, 0.2) is 57.2 Å². The van der Waals surface area contributed by atoms with Gasteiger partial charge in [-0.3, -0.25) is 4.79 Å². The van der Waals surface area contributed by atoms with Crippen molar-refractivity contribution in [2.45, 2.75) is 49.9 Å². The highest BCUT2D eigenvalue weighted by atomic mass is 32.2. The van der Waals surface area contributed by atoms with E-state index in [1.807, 2.05) is 18.7 Å². The van der Waals surface area contributed by atoms with Crippen molar-refractivity contribution in [2.24, 2.45) is 0 Å². The van der Waals surface area contributed by atoms with E-state index in [4.69, 9.17) is 0 Å². The van der Waals surface area contributed by atoms with Crippen LogP contribution >= 0.6 is 0 Å². The van der Waals surface area contributed by atoms with Crippen LogP contribution in [0.4, 0.5) is 10.1 Å². The number of sulfone groups is 1.